The van der Waals surface area contributed by atoms with Crippen LogP contribution in [-0.2, 0) is 10.2 Å². The highest BCUT2D eigenvalue weighted by Crippen LogP contribution is 2.28. The van der Waals surface area contributed by atoms with Gasteiger partial charge in [-0.05, 0) is 44.5 Å². The molecule has 0 aromatic heterocycles. The summed E-state index contributed by atoms with van der Waals surface area (Å²) in [6, 6.07) is 13.3. The van der Waals surface area contributed by atoms with Gasteiger partial charge in [-0.25, -0.2) is 0 Å². The van der Waals surface area contributed by atoms with Crippen molar-refractivity contribution in [3.05, 3.63) is 59.2 Å². The minimum absolute atomic E-state index is 0.0972. The van der Waals surface area contributed by atoms with Gasteiger partial charge in [0.1, 0.15) is 0 Å². The van der Waals surface area contributed by atoms with E-state index in [4.69, 9.17) is 9.47 Å². The number of ether oxygens (including phenoxy) is 2. The van der Waals surface area contributed by atoms with Crippen molar-refractivity contribution in [1.82, 2.24) is 10.6 Å². The molecule has 2 aromatic carbocycles. The van der Waals surface area contributed by atoms with Crippen molar-refractivity contribution in [2.24, 2.45) is 0 Å². The van der Waals surface area contributed by atoms with Crippen molar-refractivity contribution in [2.45, 2.75) is 40.0 Å². The van der Waals surface area contributed by atoms with E-state index in [0.717, 1.165) is 5.56 Å². The van der Waals surface area contributed by atoms with Crippen LogP contribution in [0.3, 0.4) is 0 Å². The average molecular weight is 413 g/mol. The van der Waals surface area contributed by atoms with E-state index in [1.165, 1.54) is 5.56 Å². The number of rotatable bonds is 10. The molecular formula is C24H32N2O4. The topological polar surface area (TPSA) is 76.7 Å². The van der Waals surface area contributed by atoms with Crippen LogP contribution in [0.5, 0.6) is 11.5 Å². The van der Waals surface area contributed by atoms with Crippen molar-refractivity contribution >= 4 is 11.8 Å². The van der Waals surface area contributed by atoms with Gasteiger partial charge in [0.05, 0.1) is 19.8 Å². The van der Waals surface area contributed by atoms with Gasteiger partial charge in [-0.1, -0.05) is 43.7 Å². The second kappa shape index (κ2) is 10.7. The van der Waals surface area contributed by atoms with Gasteiger partial charge in [-0.2, -0.15) is 0 Å². The van der Waals surface area contributed by atoms with Gasteiger partial charge in [0.25, 0.3) is 5.91 Å². The van der Waals surface area contributed by atoms with Crippen LogP contribution in [0.1, 0.15) is 49.2 Å². The number of amides is 2. The smallest absolute Gasteiger partial charge is 0.251 e. The molecule has 0 bridgehead atoms. The molecule has 6 nitrogen and oxygen atoms in total. The summed E-state index contributed by atoms with van der Waals surface area (Å²) in [4.78, 5) is 24.7. The molecule has 0 aliphatic rings. The highest BCUT2D eigenvalue weighted by atomic mass is 16.5. The van der Waals surface area contributed by atoms with E-state index in [2.05, 4.69) is 48.7 Å². The van der Waals surface area contributed by atoms with E-state index < -0.39 is 0 Å². The molecule has 0 unspecified atom stereocenters. The zero-order valence-corrected chi connectivity index (χ0v) is 18.5. The van der Waals surface area contributed by atoms with Crippen LogP contribution in [0.25, 0.3) is 0 Å². The van der Waals surface area contributed by atoms with E-state index in [0.29, 0.717) is 36.8 Å². The maximum atomic E-state index is 12.4. The SMILES string of the molecule is CCOc1ccc(C(=O)NCC(=O)NCC(C)(C)c2ccc(C)cc2)cc1OCC. The number of hydrogen-bond donors (Lipinski definition) is 2. The minimum atomic E-state index is -0.341. The molecule has 0 saturated heterocycles. The third kappa shape index (κ3) is 6.51. The van der Waals surface area contributed by atoms with E-state index in [1.807, 2.05) is 20.8 Å². The molecule has 0 spiro atoms. The molecule has 2 N–H and O–H groups in total. The number of benzene rings is 2. The molecule has 0 aliphatic heterocycles. The van der Waals surface area contributed by atoms with Crippen LogP contribution in [0, 0.1) is 6.92 Å². The van der Waals surface area contributed by atoms with Crippen molar-refractivity contribution in [2.75, 3.05) is 26.3 Å². The third-order valence-corrected chi connectivity index (χ3v) is 4.78. The van der Waals surface area contributed by atoms with Gasteiger partial charge in [0.2, 0.25) is 5.91 Å². The number of nitrogens with one attached hydrogen (secondary N) is 2. The average Bonchev–Trinajstić information content (AvgIpc) is 2.72. The van der Waals surface area contributed by atoms with Crippen LogP contribution in [-0.4, -0.2) is 38.1 Å². The van der Waals surface area contributed by atoms with Gasteiger partial charge in [0, 0.05) is 17.5 Å². The lowest BCUT2D eigenvalue weighted by molar-refractivity contribution is -0.120. The van der Waals surface area contributed by atoms with E-state index >= 15 is 0 Å². The third-order valence-electron chi connectivity index (χ3n) is 4.78. The lowest BCUT2D eigenvalue weighted by atomic mass is 9.84. The first-order valence-corrected chi connectivity index (χ1v) is 10.3. The van der Waals surface area contributed by atoms with Gasteiger partial charge in [0.15, 0.2) is 11.5 Å². The number of carbonyl (C=O) groups excluding carboxylic acids is 2. The quantitative estimate of drug-likeness (QED) is 0.625. The van der Waals surface area contributed by atoms with E-state index in [9.17, 15) is 9.59 Å². The molecule has 162 valence electrons. The normalized spacial score (nSPS) is 11.0. The fourth-order valence-corrected chi connectivity index (χ4v) is 2.94. The zero-order chi connectivity index (χ0) is 22.1. The Morgan fingerprint density at radius 1 is 0.900 bits per heavy atom. The van der Waals surface area contributed by atoms with E-state index in [-0.39, 0.29) is 23.8 Å². The van der Waals surface area contributed by atoms with Gasteiger partial charge in [-0.3, -0.25) is 9.59 Å². The van der Waals surface area contributed by atoms with Gasteiger partial charge in [-0.15, -0.1) is 0 Å². The van der Waals surface area contributed by atoms with Crippen molar-refractivity contribution in [1.29, 1.82) is 0 Å². The summed E-state index contributed by atoms with van der Waals surface area (Å²) in [5, 5.41) is 5.56. The number of hydrogen-bond acceptors (Lipinski definition) is 4. The molecule has 2 rings (SSSR count). The Morgan fingerprint density at radius 2 is 1.53 bits per heavy atom. The first-order valence-electron chi connectivity index (χ1n) is 10.3. The second-order valence-electron chi connectivity index (χ2n) is 7.74. The van der Waals surface area contributed by atoms with Crippen LogP contribution >= 0.6 is 0 Å². The fourth-order valence-electron chi connectivity index (χ4n) is 2.94. The summed E-state index contributed by atoms with van der Waals surface area (Å²) in [5.41, 5.74) is 2.54. The first kappa shape index (κ1) is 23.3. The van der Waals surface area contributed by atoms with Gasteiger partial charge < -0.3 is 20.1 Å². The molecule has 0 saturated carbocycles. The Morgan fingerprint density at radius 3 is 2.17 bits per heavy atom. The predicted molar refractivity (Wildman–Crippen MR) is 118 cm³/mol. The van der Waals surface area contributed by atoms with Crippen LogP contribution in [0.2, 0.25) is 0 Å². The van der Waals surface area contributed by atoms with Gasteiger partial charge >= 0.3 is 0 Å². The highest BCUT2D eigenvalue weighted by Gasteiger charge is 2.21. The summed E-state index contributed by atoms with van der Waals surface area (Å²) >= 11 is 0. The van der Waals surface area contributed by atoms with Crippen molar-refractivity contribution < 1.29 is 19.1 Å². The standard InChI is InChI=1S/C24H32N2O4/c1-6-29-20-13-10-18(14-21(20)30-7-2)23(28)25-15-22(27)26-16-24(4,5)19-11-8-17(3)9-12-19/h8-14H,6-7,15-16H2,1-5H3,(H,25,28)(H,26,27). The molecule has 0 fully saturated rings. The Bertz CT molecular complexity index is 860. The molecule has 0 aliphatic carbocycles. The summed E-state index contributed by atoms with van der Waals surface area (Å²) in [5.74, 6) is 0.523. The second-order valence-corrected chi connectivity index (χ2v) is 7.74. The van der Waals surface area contributed by atoms with Crippen molar-refractivity contribution in [3.63, 3.8) is 0 Å². The Kier molecular flexibility index (Phi) is 8.27. The zero-order valence-electron chi connectivity index (χ0n) is 18.5. The van der Waals surface area contributed by atoms with E-state index in [1.54, 1.807) is 18.2 Å². The molecular weight excluding hydrogens is 380 g/mol. The Hall–Kier alpha value is -3.02. The van der Waals surface area contributed by atoms with Crippen LogP contribution in [0.4, 0.5) is 0 Å². The minimum Gasteiger partial charge on any atom is -0.490 e. The summed E-state index contributed by atoms with van der Waals surface area (Å²) in [7, 11) is 0. The predicted octanol–water partition coefficient (Wildman–Crippen LogP) is 3.62. The maximum absolute atomic E-state index is 12.4. The van der Waals surface area contributed by atoms with Crippen LogP contribution < -0.4 is 20.1 Å². The summed E-state index contributed by atoms with van der Waals surface area (Å²) < 4.78 is 11.1. The van der Waals surface area contributed by atoms with Crippen LogP contribution in [0.15, 0.2) is 42.5 Å². The molecule has 2 aromatic rings. The molecule has 6 heteroatoms. The maximum Gasteiger partial charge on any atom is 0.251 e. The summed E-state index contributed by atoms with van der Waals surface area (Å²) in [6.07, 6.45) is 0. The Labute approximate surface area is 179 Å². The number of carbonyl (C=O) groups is 2. The first-order chi connectivity index (χ1) is 14.3. The lowest BCUT2D eigenvalue weighted by Crippen LogP contribution is -2.42. The summed E-state index contributed by atoms with van der Waals surface area (Å²) in [6.45, 7) is 11.3. The lowest BCUT2D eigenvalue weighted by Gasteiger charge is -2.26. The largest absolute Gasteiger partial charge is 0.490 e. The monoisotopic (exact) mass is 412 g/mol. The number of aryl methyl sites for hydroxylation is 1. The van der Waals surface area contributed by atoms with Crippen molar-refractivity contribution in [3.8, 4) is 11.5 Å². The molecule has 0 heterocycles. The fraction of sp³-hybridized carbons (Fsp3) is 0.417. The Balaban J connectivity index is 1.90. The molecule has 0 radical (unpaired) electrons. The molecule has 2 amide bonds. The molecule has 30 heavy (non-hydrogen) atoms. The highest BCUT2D eigenvalue weighted by molar-refractivity contribution is 5.97. The molecule has 0 atom stereocenters.